The van der Waals surface area contributed by atoms with Crippen molar-refractivity contribution in [3.63, 3.8) is 0 Å². The van der Waals surface area contributed by atoms with E-state index in [-0.39, 0.29) is 42.8 Å². The molecule has 2 aromatic rings. The third-order valence-corrected chi connectivity index (χ3v) is 7.79. The molecule has 2 aliphatic rings. The van der Waals surface area contributed by atoms with Gasteiger partial charge in [0.25, 0.3) is 0 Å². The van der Waals surface area contributed by atoms with E-state index in [2.05, 4.69) is 20.4 Å². The van der Waals surface area contributed by atoms with Crippen molar-refractivity contribution in [1.29, 1.82) is 0 Å². The molecule has 1 aliphatic carbocycles. The summed E-state index contributed by atoms with van der Waals surface area (Å²) in [4.78, 5) is 36.0. The van der Waals surface area contributed by atoms with E-state index in [9.17, 15) is 13.7 Å². The highest BCUT2D eigenvalue weighted by atomic mass is 35.5. The normalized spacial score (nSPS) is 26.7. The van der Waals surface area contributed by atoms with E-state index in [0.717, 1.165) is 0 Å². The van der Waals surface area contributed by atoms with Gasteiger partial charge in [0.05, 0.1) is 30.5 Å². The van der Waals surface area contributed by atoms with Crippen LogP contribution in [-0.2, 0) is 9.26 Å². The van der Waals surface area contributed by atoms with Gasteiger partial charge in [-0.2, -0.15) is 4.98 Å². The second kappa shape index (κ2) is 9.57. The van der Waals surface area contributed by atoms with Crippen LogP contribution in [0.15, 0.2) is 6.20 Å². The lowest BCUT2D eigenvalue weighted by Crippen LogP contribution is -2.21. The Morgan fingerprint density at radius 2 is 2.13 bits per heavy atom. The van der Waals surface area contributed by atoms with E-state index in [0.29, 0.717) is 36.4 Å². The molecule has 0 aromatic carbocycles. The number of fused-ring (bicyclic) bond motifs is 1. The van der Waals surface area contributed by atoms with Gasteiger partial charge in [-0.25, -0.2) is 18.3 Å². The zero-order valence-corrected chi connectivity index (χ0v) is 18.8. The molecule has 0 amide bonds. The first kappa shape index (κ1) is 23.3. The molecule has 4 unspecified atom stereocenters. The topological polar surface area (TPSA) is 134 Å². The summed E-state index contributed by atoms with van der Waals surface area (Å²) in [6.45, 7) is 0.122. The Kier molecular flexibility index (Phi) is 7.20. The van der Waals surface area contributed by atoms with Gasteiger partial charge >= 0.3 is 0 Å². The van der Waals surface area contributed by atoms with Crippen molar-refractivity contribution in [2.24, 2.45) is 0 Å². The van der Waals surface area contributed by atoms with E-state index in [1.807, 2.05) is 0 Å². The van der Waals surface area contributed by atoms with Gasteiger partial charge in [-0.1, -0.05) is 0 Å². The molecule has 15 heteroatoms. The number of hydrogen-bond acceptors (Lipinski definition) is 9. The summed E-state index contributed by atoms with van der Waals surface area (Å²) in [6.07, 6.45) is 2.14. The molecular formula is C16H22ClF2N5O5P2. The van der Waals surface area contributed by atoms with Crippen molar-refractivity contribution in [2.45, 2.75) is 56.3 Å². The van der Waals surface area contributed by atoms with Gasteiger partial charge in [0.2, 0.25) is 11.2 Å². The van der Waals surface area contributed by atoms with Crippen LogP contribution >= 0.6 is 28.4 Å². The molecule has 1 aliphatic heterocycles. The predicted molar refractivity (Wildman–Crippen MR) is 110 cm³/mol. The van der Waals surface area contributed by atoms with E-state index < -0.39 is 28.7 Å². The summed E-state index contributed by atoms with van der Waals surface area (Å²) in [5.74, 6) is -2.58. The van der Waals surface area contributed by atoms with Crippen LogP contribution in [0.25, 0.3) is 5.65 Å². The number of alkyl halides is 2. The van der Waals surface area contributed by atoms with Gasteiger partial charge < -0.3 is 29.3 Å². The minimum absolute atomic E-state index is 0.0488. The molecule has 1 saturated heterocycles. The van der Waals surface area contributed by atoms with Gasteiger partial charge in [-0.3, -0.25) is 0 Å². The van der Waals surface area contributed by atoms with Gasteiger partial charge in [-0.05, 0) is 30.9 Å². The fourth-order valence-electron chi connectivity index (χ4n) is 3.82. The van der Waals surface area contributed by atoms with Gasteiger partial charge in [0, 0.05) is 18.9 Å². The Morgan fingerprint density at radius 3 is 2.84 bits per heavy atom. The van der Waals surface area contributed by atoms with E-state index in [1.165, 1.54) is 4.52 Å². The van der Waals surface area contributed by atoms with Crippen LogP contribution in [0.5, 0.6) is 0 Å². The number of halogens is 3. The standard InChI is InChI=1S/C16H22ClF2N5O5P2/c17-15-22-13(21-9-3-4-16(18,19)5-9)14-20-6-11(24(14)23-15)12-2-1-10(29-12)7-28-31(27)8-30(25)26/h6,9-10,12,25-27H,1-5,7-8H2,(H,21,22,23). The lowest BCUT2D eigenvalue weighted by molar-refractivity contribution is 0.00851. The van der Waals surface area contributed by atoms with E-state index in [4.69, 9.17) is 30.6 Å². The fourth-order valence-corrected chi connectivity index (χ4v) is 5.51. The first-order chi connectivity index (χ1) is 14.7. The Balaban J connectivity index is 1.44. The molecular weight excluding hydrogens is 478 g/mol. The number of aromatic nitrogens is 4. The quantitative estimate of drug-likeness (QED) is 0.404. The zero-order chi connectivity index (χ0) is 22.2. The zero-order valence-electron chi connectivity index (χ0n) is 16.2. The summed E-state index contributed by atoms with van der Waals surface area (Å²) in [5, 5.41) is 7.16. The summed E-state index contributed by atoms with van der Waals surface area (Å²) in [6, 6.07) is -0.429. The van der Waals surface area contributed by atoms with Gasteiger partial charge in [0.15, 0.2) is 28.2 Å². The molecule has 0 radical (unpaired) electrons. The molecule has 31 heavy (non-hydrogen) atoms. The van der Waals surface area contributed by atoms with Crippen LogP contribution in [0.3, 0.4) is 0 Å². The van der Waals surface area contributed by atoms with Crippen LogP contribution in [0.2, 0.25) is 5.28 Å². The first-order valence-corrected chi connectivity index (χ1v) is 12.9. The van der Waals surface area contributed by atoms with Crippen molar-refractivity contribution in [3.05, 3.63) is 17.2 Å². The average Bonchev–Trinajstić information content (AvgIpc) is 3.37. The Morgan fingerprint density at radius 1 is 1.32 bits per heavy atom. The summed E-state index contributed by atoms with van der Waals surface area (Å²) in [7, 11) is -4.13. The highest BCUT2D eigenvalue weighted by molar-refractivity contribution is 7.63. The third kappa shape index (κ3) is 5.75. The lowest BCUT2D eigenvalue weighted by atomic mass is 10.1. The van der Waals surface area contributed by atoms with Crippen molar-refractivity contribution >= 4 is 39.8 Å². The predicted octanol–water partition coefficient (Wildman–Crippen LogP) is 3.17. The monoisotopic (exact) mass is 499 g/mol. The highest BCUT2D eigenvalue weighted by Crippen LogP contribution is 2.45. The molecule has 4 atom stereocenters. The maximum Gasteiger partial charge on any atom is 0.250 e. The molecule has 0 spiro atoms. The van der Waals surface area contributed by atoms with Gasteiger partial charge in [0.1, 0.15) is 6.10 Å². The smallest absolute Gasteiger partial charge is 0.250 e. The van der Waals surface area contributed by atoms with Gasteiger partial charge in [-0.15, -0.1) is 5.10 Å². The van der Waals surface area contributed by atoms with Crippen LogP contribution in [0, 0.1) is 0 Å². The summed E-state index contributed by atoms with van der Waals surface area (Å²) >= 11 is 6.07. The minimum Gasteiger partial charge on any atom is -0.366 e. The van der Waals surface area contributed by atoms with Crippen LogP contribution in [-0.4, -0.2) is 64.8 Å². The van der Waals surface area contributed by atoms with Crippen molar-refractivity contribution < 1.29 is 32.7 Å². The average molecular weight is 500 g/mol. The van der Waals surface area contributed by atoms with Crippen molar-refractivity contribution in [2.75, 3.05) is 17.8 Å². The number of nitrogens with zero attached hydrogens (tertiary/aromatic N) is 4. The maximum absolute atomic E-state index is 13.5. The lowest BCUT2D eigenvalue weighted by Gasteiger charge is -2.17. The van der Waals surface area contributed by atoms with E-state index >= 15 is 0 Å². The maximum atomic E-state index is 13.5. The molecule has 2 fully saturated rings. The molecule has 1 saturated carbocycles. The Labute approximate surface area is 183 Å². The summed E-state index contributed by atoms with van der Waals surface area (Å²) < 4.78 is 39.8. The Bertz CT molecular complexity index is 926. The number of rotatable bonds is 8. The second-order valence-electron chi connectivity index (χ2n) is 7.57. The third-order valence-electron chi connectivity index (χ3n) is 5.20. The largest absolute Gasteiger partial charge is 0.366 e. The number of anilines is 1. The number of hydrogen-bond donors (Lipinski definition) is 4. The molecule has 0 bridgehead atoms. The number of imidazole rings is 1. The Hall–Kier alpha value is -0.840. The minimum atomic E-state index is -2.69. The fraction of sp³-hybridized carbons (Fsp3) is 0.688. The molecule has 3 heterocycles. The first-order valence-electron chi connectivity index (χ1n) is 9.66. The second-order valence-corrected chi connectivity index (χ2v) is 10.8. The van der Waals surface area contributed by atoms with Crippen molar-refractivity contribution in [1.82, 2.24) is 19.6 Å². The molecule has 10 nitrogen and oxygen atoms in total. The number of ether oxygens (including phenoxy) is 1. The number of nitrogens with one attached hydrogen (secondary N) is 1. The molecule has 2 aromatic heterocycles. The molecule has 4 rings (SSSR count). The van der Waals surface area contributed by atoms with Crippen molar-refractivity contribution in [3.8, 4) is 0 Å². The molecule has 4 N–H and O–H groups in total. The SMILES string of the molecule is OP(O)CP(O)OCC1CCC(c2cnc3c(NC4CCC(F)(F)C4)nc(Cl)nn23)O1. The highest BCUT2D eigenvalue weighted by Gasteiger charge is 2.40. The van der Waals surface area contributed by atoms with Crippen LogP contribution < -0.4 is 5.32 Å². The van der Waals surface area contributed by atoms with Crippen LogP contribution in [0.4, 0.5) is 14.6 Å². The van der Waals surface area contributed by atoms with E-state index in [1.54, 1.807) is 6.20 Å². The molecule has 172 valence electrons. The van der Waals surface area contributed by atoms with Crippen LogP contribution in [0.1, 0.15) is 43.9 Å². The summed E-state index contributed by atoms with van der Waals surface area (Å²) in [5.41, 5.74) is 1.01.